The Hall–Kier alpha value is -2.29. The fourth-order valence-electron chi connectivity index (χ4n) is 2.76. The molecule has 1 saturated heterocycles. The van der Waals surface area contributed by atoms with Gasteiger partial charge in [-0.05, 0) is 31.9 Å². The van der Waals surface area contributed by atoms with Gasteiger partial charge in [0.15, 0.2) is 0 Å². The smallest absolute Gasteiger partial charge is 0.411 e. The van der Waals surface area contributed by atoms with Crippen LogP contribution in [0.15, 0.2) is 60.7 Å². The SMILES string of the molecule is CC(C)(C)OC(=O)N1[C@H](c2ccccc2)[C@H]1c1ccccc1. The van der Waals surface area contributed by atoms with Gasteiger partial charge in [-0.3, -0.25) is 4.90 Å². The number of benzene rings is 2. The van der Waals surface area contributed by atoms with Crippen molar-refractivity contribution in [1.82, 2.24) is 4.90 Å². The summed E-state index contributed by atoms with van der Waals surface area (Å²) in [4.78, 5) is 14.3. The lowest BCUT2D eigenvalue weighted by Gasteiger charge is -2.20. The molecule has 1 aliphatic heterocycles. The molecule has 1 aliphatic rings. The molecule has 0 spiro atoms. The van der Waals surface area contributed by atoms with Gasteiger partial charge >= 0.3 is 6.09 Å². The average Bonchev–Trinajstić information content (AvgIpc) is 3.23. The molecule has 1 heterocycles. The number of hydrogen-bond donors (Lipinski definition) is 0. The molecular formula is C19H21NO2. The molecular weight excluding hydrogens is 274 g/mol. The summed E-state index contributed by atoms with van der Waals surface area (Å²) in [6, 6.07) is 20.3. The Morgan fingerprint density at radius 2 is 1.27 bits per heavy atom. The number of rotatable bonds is 2. The van der Waals surface area contributed by atoms with Crippen LogP contribution in [0.25, 0.3) is 0 Å². The molecule has 1 amide bonds. The van der Waals surface area contributed by atoms with Gasteiger partial charge in [-0.15, -0.1) is 0 Å². The van der Waals surface area contributed by atoms with Gasteiger partial charge in [0.1, 0.15) is 5.60 Å². The molecule has 114 valence electrons. The van der Waals surface area contributed by atoms with Crippen molar-refractivity contribution in [3.8, 4) is 0 Å². The second-order valence-corrected chi connectivity index (χ2v) is 6.60. The van der Waals surface area contributed by atoms with E-state index < -0.39 is 5.60 Å². The molecule has 0 bridgehead atoms. The molecule has 3 rings (SSSR count). The third-order valence-electron chi connectivity index (χ3n) is 3.70. The summed E-state index contributed by atoms with van der Waals surface area (Å²) in [6.45, 7) is 5.68. The van der Waals surface area contributed by atoms with Crippen molar-refractivity contribution in [3.05, 3.63) is 71.8 Å². The first-order chi connectivity index (χ1) is 10.5. The minimum atomic E-state index is -0.484. The van der Waals surface area contributed by atoms with Crippen molar-refractivity contribution in [1.29, 1.82) is 0 Å². The molecule has 0 aromatic heterocycles. The largest absolute Gasteiger partial charge is 0.444 e. The Bertz CT molecular complexity index is 601. The van der Waals surface area contributed by atoms with Gasteiger partial charge in [-0.1, -0.05) is 60.7 Å². The highest BCUT2D eigenvalue weighted by molar-refractivity contribution is 5.74. The summed E-state index contributed by atoms with van der Waals surface area (Å²) in [5.41, 5.74) is 1.80. The maximum absolute atomic E-state index is 12.5. The first-order valence-corrected chi connectivity index (χ1v) is 7.58. The van der Waals surface area contributed by atoms with Crippen LogP contribution < -0.4 is 0 Å². The van der Waals surface area contributed by atoms with Gasteiger partial charge in [-0.2, -0.15) is 0 Å². The number of carbonyl (C=O) groups excluding carboxylic acids is 1. The summed E-state index contributed by atoms with van der Waals surface area (Å²) in [5, 5.41) is 0. The lowest BCUT2D eigenvalue weighted by atomic mass is 10.0. The fraction of sp³-hybridized carbons (Fsp3) is 0.316. The van der Waals surface area contributed by atoms with E-state index in [9.17, 15) is 4.79 Å². The molecule has 0 radical (unpaired) electrons. The van der Waals surface area contributed by atoms with E-state index in [1.165, 1.54) is 0 Å². The van der Waals surface area contributed by atoms with Gasteiger partial charge in [0, 0.05) is 0 Å². The fourth-order valence-corrected chi connectivity index (χ4v) is 2.76. The van der Waals surface area contributed by atoms with Crippen molar-refractivity contribution in [2.45, 2.75) is 38.5 Å². The zero-order chi connectivity index (χ0) is 15.7. The molecule has 2 aromatic carbocycles. The Morgan fingerprint density at radius 3 is 1.64 bits per heavy atom. The van der Waals surface area contributed by atoms with Crippen LogP contribution in [0.2, 0.25) is 0 Å². The Balaban J connectivity index is 1.88. The Kier molecular flexibility index (Phi) is 3.65. The van der Waals surface area contributed by atoms with E-state index in [-0.39, 0.29) is 18.2 Å². The molecule has 22 heavy (non-hydrogen) atoms. The summed E-state index contributed by atoms with van der Waals surface area (Å²) in [7, 11) is 0. The van der Waals surface area contributed by atoms with Crippen LogP contribution in [0.1, 0.15) is 44.0 Å². The van der Waals surface area contributed by atoms with Crippen LogP contribution in [0, 0.1) is 0 Å². The summed E-state index contributed by atoms with van der Waals surface area (Å²) >= 11 is 0. The Labute approximate surface area is 131 Å². The van der Waals surface area contributed by atoms with E-state index in [0.29, 0.717) is 0 Å². The summed E-state index contributed by atoms with van der Waals surface area (Å²) < 4.78 is 5.55. The first kappa shape index (κ1) is 14.6. The molecule has 2 atom stereocenters. The first-order valence-electron chi connectivity index (χ1n) is 7.58. The number of nitrogens with zero attached hydrogens (tertiary/aromatic N) is 1. The van der Waals surface area contributed by atoms with E-state index in [1.807, 2.05) is 62.1 Å². The monoisotopic (exact) mass is 295 g/mol. The lowest BCUT2D eigenvalue weighted by Crippen LogP contribution is -2.27. The molecule has 1 fully saturated rings. The summed E-state index contributed by atoms with van der Waals surface area (Å²) in [6.07, 6.45) is -0.254. The quantitative estimate of drug-likeness (QED) is 0.750. The van der Waals surface area contributed by atoms with E-state index in [2.05, 4.69) is 24.3 Å². The molecule has 0 N–H and O–H groups in total. The predicted molar refractivity (Wildman–Crippen MR) is 86.4 cm³/mol. The second kappa shape index (κ2) is 5.48. The van der Waals surface area contributed by atoms with Crippen molar-refractivity contribution in [2.24, 2.45) is 0 Å². The highest BCUT2D eigenvalue weighted by Crippen LogP contribution is 2.55. The maximum Gasteiger partial charge on any atom is 0.411 e. The average molecular weight is 295 g/mol. The van der Waals surface area contributed by atoms with Crippen LogP contribution in [0.4, 0.5) is 4.79 Å². The topological polar surface area (TPSA) is 29.3 Å². The molecule has 3 heteroatoms. The summed E-state index contributed by atoms with van der Waals surface area (Å²) in [5.74, 6) is 0. The third kappa shape index (κ3) is 2.98. The van der Waals surface area contributed by atoms with Gasteiger partial charge in [-0.25, -0.2) is 4.79 Å². The van der Waals surface area contributed by atoms with Crippen LogP contribution >= 0.6 is 0 Å². The number of hydrogen-bond acceptors (Lipinski definition) is 2. The van der Waals surface area contributed by atoms with E-state index >= 15 is 0 Å². The highest BCUT2D eigenvalue weighted by Gasteiger charge is 2.54. The zero-order valence-corrected chi connectivity index (χ0v) is 13.2. The van der Waals surface area contributed by atoms with Crippen LogP contribution in [0.5, 0.6) is 0 Å². The van der Waals surface area contributed by atoms with Crippen LogP contribution in [-0.2, 0) is 4.74 Å². The minimum Gasteiger partial charge on any atom is -0.444 e. The van der Waals surface area contributed by atoms with Gasteiger partial charge in [0.2, 0.25) is 0 Å². The number of carbonyl (C=O) groups is 1. The maximum atomic E-state index is 12.5. The number of amides is 1. The van der Waals surface area contributed by atoms with Gasteiger partial charge in [0.25, 0.3) is 0 Å². The second-order valence-electron chi connectivity index (χ2n) is 6.60. The van der Waals surface area contributed by atoms with Crippen molar-refractivity contribution in [3.63, 3.8) is 0 Å². The standard InChI is InChI=1S/C19H21NO2/c1-19(2,3)22-18(21)20-16(14-10-6-4-7-11-14)17(20)15-12-8-5-9-13-15/h4-13,16-17H,1-3H3/t16-,17-/m1/s1. The van der Waals surface area contributed by atoms with Crippen molar-refractivity contribution < 1.29 is 9.53 Å². The van der Waals surface area contributed by atoms with Crippen molar-refractivity contribution >= 4 is 6.09 Å². The van der Waals surface area contributed by atoms with E-state index in [0.717, 1.165) is 11.1 Å². The minimum absolute atomic E-state index is 0.0541. The van der Waals surface area contributed by atoms with Gasteiger partial charge < -0.3 is 4.74 Å². The van der Waals surface area contributed by atoms with E-state index in [4.69, 9.17) is 4.74 Å². The van der Waals surface area contributed by atoms with Gasteiger partial charge in [0.05, 0.1) is 12.1 Å². The highest BCUT2D eigenvalue weighted by atomic mass is 16.6. The Morgan fingerprint density at radius 1 is 0.864 bits per heavy atom. The molecule has 0 unspecified atom stereocenters. The molecule has 2 aromatic rings. The molecule has 0 aliphatic carbocycles. The third-order valence-corrected chi connectivity index (χ3v) is 3.70. The zero-order valence-electron chi connectivity index (χ0n) is 13.2. The number of ether oxygens (including phenoxy) is 1. The van der Waals surface area contributed by atoms with Crippen molar-refractivity contribution in [2.75, 3.05) is 0 Å². The molecule has 0 saturated carbocycles. The van der Waals surface area contributed by atoms with Crippen LogP contribution in [-0.4, -0.2) is 16.6 Å². The predicted octanol–water partition coefficient (Wildman–Crippen LogP) is 4.72. The normalized spacial score (nSPS) is 20.6. The van der Waals surface area contributed by atoms with Crippen LogP contribution in [0.3, 0.4) is 0 Å². The lowest BCUT2D eigenvalue weighted by molar-refractivity contribution is 0.0392. The molecule has 3 nitrogen and oxygen atoms in total. The van der Waals surface area contributed by atoms with E-state index in [1.54, 1.807) is 0 Å².